The summed E-state index contributed by atoms with van der Waals surface area (Å²) in [4.78, 5) is 24.3. The smallest absolute Gasteiger partial charge is 0.342 e. The van der Waals surface area contributed by atoms with Crippen LogP contribution in [-0.4, -0.2) is 33.8 Å². The van der Waals surface area contributed by atoms with Crippen LogP contribution < -0.4 is 5.32 Å². The zero-order valence-electron chi connectivity index (χ0n) is 15.0. The molecule has 0 saturated heterocycles. The number of hydrogen-bond acceptors (Lipinski definition) is 7. The fraction of sp³-hybridized carbons (Fsp3) is 0.0476. The highest BCUT2D eigenvalue weighted by atomic mass is 16.5. The molecule has 3 aromatic carbocycles. The number of rotatable bonds is 5. The number of esters is 1. The second-order valence-electron chi connectivity index (χ2n) is 6.09. The van der Waals surface area contributed by atoms with Gasteiger partial charge >= 0.3 is 12.0 Å². The Morgan fingerprint density at radius 2 is 1.72 bits per heavy atom. The molecule has 1 amide bonds. The summed E-state index contributed by atoms with van der Waals surface area (Å²) in [5.74, 6) is -1.42. The highest BCUT2D eigenvalue weighted by molar-refractivity contribution is 6.02. The minimum absolute atomic E-state index is 0.0272. The molecule has 0 spiro atoms. The summed E-state index contributed by atoms with van der Waals surface area (Å²) >= 11 is 0. The van der Waals surface area contributed by atoms with Gasteiger partial charge < -0.3 is 14.3 Å². The second kappa shape index (κ2) is 7.81. The number of nitrogens with zero attached hydrogens (tertiary/aromatic N) is 2. The lowest BCUT2D eigenvalue weighted by Gasteiger charge is -2.08. The van der Waals surface area contributed by atoms with Crippen molar-refractivity contribution >= 4 is 28.7 Å². The molecule has 0 bridgehead atoms. The van der Waals surface area contributed by atoms with Gasteiger partial charge in [-0.1, -0.05) is 53.6 Å². The number of hydrogen-bond donors (Lipinski definition) is 2. The fourth-order valence-electron chi connectivity index (χ4n) is 2.76. The fourth-order valence-corrected chi connectivity index (χ4v) is 2.76. The Morgan fingerprint density at radius 1 is 0.966 bits per heavy atom. The average molecular weight is 389 g/mol. The first-order valence-electron chi connectivity index (χ1n) is 8.68. The van der Waals surface area contributed by atoms with Gasteiger partial charge in [-0.2, -0.15) is 0 Å². The predicted octanol–water partition coefficient (Wildman–Crippen LogP) is 3.39. The van der Waals surface area contributed by atoms with Gasteiger partial charge in [-0.25, -0.2) is 4.79 Å². The molecule has 0 fully saturated rings. The van der Waals surface area contributed by atoms with Gasteiger partial charge in [-0.3, -0.25) is 10.1 Å². The minimum atomic E-state index is -0.820. The van der Waals surface area contributed by atoms with Crippen LogP contribution in [0.4, 0.5) is 6.01 Å². The maximum atomic E-state index is 12.2. The molecule has 0 saturated carbocycles. The Balaban J connectivity index is 1.38. The zero-order chi connectivity index (χ0) is 20.2. The normalized spacial score (nSPS) is 10.6. The Labute approximate surface area is 164 Å². The van der Waals surface area contributed by atoms with Crippen LogP contribution >= 0.6 is 0 Å². The predicted molar refractivity (Wildman–Crippen MR) is 104 cm³/mol. The number of aromatic nitrogens is 2. The topological polar surface area (TPSA) is 115 Å². The van der Waals surface area contributed by atoms with Crippen LogP contribution in [0.5, 0.6) is 5.75 Å². The van der Waals surface area contributed by atoms with Crippen LogP contribution in [0.25, 0.3) is 22.2 Å². The highest BCUT2D eigenvalue weighted by Gasteiger charge is 2.17. The molecule has 0 aliphatic carbocycles. The van der Waals surface area contributed by atoms with Crippen molar-refractivity contribution in [1.29, 1.82) is 0 Å². The SMILES string of the molecule is O=C(COC(=O)c1ccc2ccccc2c1O)Nc1nnc(-c2ccccc2)o1. The molecule has 1 aromatic heterocycles. The maximum absolute atomic E-state index is 12.2. The Morgan fingerprint density at radius 3 is 2.55 bits per heavy atom. The molecule has 4 rings (SSSR count). The summed E-state index contributed by atoms with van der Waals surface area (Å²) in [7, 11) is 0. The van der Waals surface area contributed by atoms with E-state index in [-0.39, 0.29) is 23.2 Å². The van der Waals surface area contributed by atoms with Crippen molar-refractivity contribution in [3.05, 3.63) is 72.3 Å². The summed E-state index contributed by atoms with van der Waals surface area (Å²) < 4.78 is 10.3. The van der Waals surface area contributed by atoms with Gasteiger partial charge in [0.15, 0.2) is 6.61 Å². The number of benzene rings is 3. The van der Waals surface area contributed by atoms with Gasteiger partial charge in [0.1, 0.15) is 11.3 Å². The third-order valence-corrected chi connectivity index (χ3v) is 4.15. The lowest BCUT2D eigenvalue weighted by molar-refractivity contribution is -0.119. The number of carbonyl (C=O) groups excluding carboxylic acids is 2. The van der Waals surface area contributed by atoms with E-state index in [4.69, 9.17) is 9.15 Å². The van der Waals surface area contributed by atoms with Crippen molar-refractivity contribution in [2.75, 3.05) is 11.9 Å². The maximum Gasteiger partial charge on any atom is 0.342 e. The number of anilines is 1. The highest BCUT2D eigenvalue weighted by Crippen LogP contribution is 2.29. The number of phenols is 1. The van der Waals surface area contributed by atoms with Crippen molar-refractivity contribution in [2.24, 2.45) is 0 Å². The van der Waals surface area contributed by atoms with E-state index >= 15 is 0 Å². The van der Waals surface area contributed by atoms with Crippen LogP contribution in [0.3, 0.4) is 0 Å². The lowest BCUT2D eigenvalue weighted by Crippen LogP contribution is -2.21. The Bertz CT molecular complexity index is 1190. The molecule has 0 unspecified atom stereocenters. The second-order valence-corrected chi connectivity index (χ2v) is 6.09. The van der Waals surface area contributed by atoms with Crippen LogP contribution in [0, 0.1) is 0 Å². The molecule has 0 aliphatic rings. The molecule has 2 N–H and O–H groups in total. The molecule has 0 atom stereocenters. The lowest BCUT2D eigenvalue weighted by atomic mass is 10.1. The van der Waals surface area contributed by atoms with Crippen molar-refractivity contribution < 1.29 is 23.8 Å². The van der Waals surface area contributed by atoms with E-state index in [2.05, 4.69) is 15.5 Å². The van der Waals surface area contributed by atoms with Gasteiger partial charge in [0.25, 0.3) is 5.91 Å². The zero-order valence-corrected chi connectivity index (χ0v) is 15.0. The van der Waals surface area contributed by atoms with Crippen molar-refractivity contribution in [3.63, 3.8) is 0 Å². The number of aromatic hydroxyl groups is 1. The molecule has 1 heterocycles. The van der Waals surface area contributed by atoms with Crippen LogP contribution in [-0.2, 0) is 9.53 Å². The molecule has 0 radical (unpaired) electrons. The quantitative estimate of drug-likeness (QED) is 0.503. The molecule has 0 aliphatic heterocycles. The minimum Gasteiger partial charge on any atom is -0.506 e. The van der Waals surface area contributed by atoms with E-state index in [0.717, 1.165) is 5.39 Å². The first-order chi connectivity index (χ1) is 14.1. The molecule has 8 nitrogen and oxygen atoms in total. The van der Waals surface area contributed by atoms with E-state index in [1.807, 2.05) is 30.3 Å². The van der Waals surface area contributed by atoms with E-state index in [0.29, 0.717) is 10.9 Å². The number of phenolic OH excluding ortho intramolecular Hbond substituents is 1. The van der Waals surface area contributed by atoms with Crippen LogP contribution in [0.2, 0.25) is 0 Å². The first kappa shape index (κ1) is 18.2. The molecule has 4 aromatic rings. The summed E-state index contributed by atoms with van der Waals surface area (Å²) in [6, 6.07) is 19.2. The van der Waals surface area contributed by atoms with Gasteiger partial charge in [0.2, 0.25) is 5.89 Å². The molecule has 8 heteroatoms. The van der Waals surface area contributed by atoms with Crippen molar-refractivity contribution in [3.8, 4) is 17.2 Å². The van der Waals surface area contributed by atoms with Gasteiger partial charge in [-0.05, 0) is 23.6 Å². The van der Waals surface area contributed by atoms with E-state index in [1.54, 1.807) is 30.3 Å². The largest absolute Gasteiger partial charge is 0.506 e. The van der Waals surface area contributed by atoms with Gasteiger partial charge in [-0.15, -0.1) is 5.10 Å². The number of amides is 1. The number of nitrogens with one attached hydrogen (secondary N) is 1. The summed E-state index contributed by atoms with van der Waals surface area (Å²) in [6.07, 6.45) is 0. The van der Waals surface area contributed by atoms with E-state index in [9.17, 15) is 14.7 Å². The Kier molecular flexibility index (Phi) is 4.90. The van der Waals surface area contributed by atoms with Gasteiger partial charge in [0.05, 0.1) is 0 Å². The first-order valence-corrected chi connectivity index (χ1v) is 8.68. The molecule has 144 valence electrons. The van der Waals surface area contributed by atoms with Crippen molar-refractivity contribution in [1.82, 2.24) is 10.2 Å². The molecular formula is C21H15N3O5. The number of carbonyl (C=O) groups is 2. The van der Waals surface area contributed by atoms with Crippen LogP contribution in [0.15, 0.2) is 71.1 Å². The molecule has 29 heavy (non-hydrogen) atoms. The third kappa shape index (κ3) is 3.91. The Hall–Kier alpha value is -4.20. The van der Waals surface area contributed by atoms with Crippen molar-refractivity contribution in [2.45, 2.75) is 0 Å². The summed E-state index contributed by atoms with van der Waals surface area (Å²) in [6.45, 7) is -0.575. The number of fused-ring (bicyclic) bond motifs is 1. The van der Waals surface area contributed by atoms with Crippen LogP contribution in [0.1, 0.15) is 10.4 Å². The molecular weight excluding hydrogens is 374 g/mol. The monoisotopic (exact) mass is 389 g/mol. The summed E-state index contributed by atoms with van der Waals surface area (Å²) in [5.41, 5.74) is 0.680. The third-order valence-electron chi connectivity index (χ3n) is 4.15. The number of ether oxygens (including phenoxy) is 1. The van der Waals surface area contributed by atoms with E-state index in [1.165, 1.54) is 6.07 Å². The van der Waals surface area contributed by atoms with E-state index < -0.39 is 18.5 Å². The summed E-state index contributed by atoms with van der Waals surface area (Å²) in [5, 5.41) is 21.6. The average Bonchev–Trinajstić information content (AvgIpc) is 3.21. The standard InChI is InChI=1S/C21H15N3O5/c25-17(22-21-24-23-19(29-21)14-7-2-1-3-8-14)12-28-20(27)16-11-10-13-6-4-5-9-15(13)18(16)26/h1-11,26H,12H2,(H,22,24,25). The van der Waals surface area contributed by atoms with Gasteiger partial charge in [0, 0.05) is 10.9 Å².